The summed E-state index contributed by atoms with van der Waals surface area (Å²) in [7, 11) is 2.02. The summed E-state index contributed by atoms with van der Waals surface area (Å²) in [5.41, 5.74) is 5.97. The number of rotatable bonds is 3. The molecule has 0 saturated heterocycles. The minimum absolute atomic E-state index is 0.395. The van der Waals surface area contributed by atoms with Crippen LogP contribution in [0, 0.1) is 20.8 Å². The van der Waals surface area contributed by atoms with E-state index in [0.29, 0.717) is 5.75 Å². The highest BCUT2D eigenvalue weighted by Gasteiger charge is 2.10. The number of hydrogen-bond donors (Lipinski definition) is 1. The van der Waals surface area contributed by atoms with Crippen molar-refractivity contribution < 1.29 is 5.11 Å². The zero-order valence-corrected chi connectivity index (χ0v) is 13.5. The lowest BCUT2D eigenvalue weighted by Crippen LogP contribution is -2.01. The Hall–Kier alpha value is -2.36. The smallest absolute Gasteiger partial charge is 0.159 e. The molecule has 0 fully saturated rings. The average Bonchev–Trinajstić information content (AvgIpc) is 2.79. The van der Waals surface area contributed by atoms with Gasteiger partial charge in [-0.3, -0.25) is 0 Å². The van der Waals surface area contributed by atoms with Gasteiger partial charge in [0.2, 0.25) is 0 Å². The van der Waals surface area contributed by atoms with E-state index < -0.39 is 0 Å². The second-order valence-electron chi connectivity index (χ2n) is 5.96. The number of aromatic nitrogens is 3. The Labute approximate surface area is 130 Å². The van der Waals surface area contributed by atoms with Gasteiger partial charge in [-0.05, 0) is 56.0 Å². The van der Waals surface area contributed by atoms with Crippen LogP contribution in [0.15, 0.2) is 24.3 Å². The normalized spacial score (nSPS) is 11.3. The van der Waals surface area contributed by atoms with Crippen LogP contribution in [0.2, 0.25) is 0 Å². The van der Waals surface area contributed by atoms with Gasteiger partial charge in [0.05, 0.1) is 0 Å². The molecule has 0 atom stereocenters. The highest BCUT2D eigenvalue weighted by atomic mass is 16.3. The quantitative estimate of drug-likeness (QED) is 0.806. The number of pyridine rings is 1. The summed E-state index contributed by atoms with van der Waals surface area (Å²) in [4.78, 5) is 9.24. The van der Waals surface area contributed by atoms with Crippen LogP contribution in [0.1, 0.15) is 28.2 Å². The zero-order valence-electron chi connectivity index (χ0n) is 13.5. The number of nitrogens with zero attached hydrogens (tertiary/aromatic N) is 3. The third-order valence-electron chi connectivity index (χ3n) is 4.14. The highest BCUT2D eigenvalue weighted by Crippen LogP contribution is 2.24. The molecule has 0 spiro atoms. The van der Waals surface area contributed by atoms with Crippen LogP contribution < -0.4 is 0 Å². The van der Waals surface area contributed by atoms with E-state index in [-0.39, 0.29) is 0 Å². The molecule has 3 rings (SSSR count). The first-order chi connectivity index (χ1) is 10.5. The predicted molar refractivity (Wildman–Crippen MR) is 88.2 cm³/mol. The number of phenolic OH excluding ortho intramolecular Hbond substituents is 1. The topological polar surface area (TPSA) is 50.9 Å². The van der Waals surface area contributed by atoms with Crippen molar-refractivity contribution >= 4 is 11.2 Å². The maximum atomic E-state index is 9.86. The number of imidazole rings is 1. The van der Waals surface area contributed by atoms with Gasteiger partial charge in [0.25, 0.3) is 0 Å². The molecule has 0 radical (unpaired) electrons. The summed E-state index contributed by atoms with van der Waals surface area (Å²) in [5.74, 6) is 1.43. The van der Waals surface area contributed by atoms with E-state index in [2.05, 4.69) is 14.5 Å². The number of aryl methyl sites for hydroxylation is 6. The van der Waals surface area contributed by atoms with Crippen molar-refractivity contribution in [3.8, 4) is 5.75 Å². The van der Waals surface area contributed by atoms with Gasteiger partial charge in [-0.2, -0.15) is 0 Å². The van der Waals surface area contributed by atoms with Crippen molar-refractivity contribution in [1.82, 2.24) is 14.5 Å². The Morgan fingerprint density at radius 2 is 1.68 bits per heavy atom. The average molecular weight is 295 g/mol. The fourth-order valence-corrected chi connectivity index (χ4v) is 2.88. The Kier molecular flexibility index (Phi) is 3.61. The third-order valence-corrected chi connectivity index (χ3v) is 4.14. The Morgan fingerprint density at radius 1 is 1.00 bits per heavy atom. The molecule has 0 aliphatic rings. The van der Waals surface area contributed by atoms with Gasteiger partial charge in [-0.1, -0.05) is 12.1 Å². The first-order valence-electron chi connectivity index (χ1n) is 7.53. The maximum absolute atomic E-state index is 9.86. The zero-order chi connectivity index (χ0) is 15.9. The Morgan fingerprint density at radius 3 is 2.36 bits per heavy atom. The first-order valence-corrected chi connectivity index (χ1v) is 7.53. The lowest BCUT2D eigenvalue weighted by atomic mass is 10.0. The molecule has 1 N–H and O–H groups in total. The summed E-state index contributed by atoms with van der Waals surface area (Å²) in [6.07, 6.45) is 1.76. The largest absolute Gasteiger partial charge is 0.507 e. The molecule has 4 nitrogen and oxygen atoms in total. The lowest BCUT2D eigenvalue weighted by molar-refractivity contribution is 0.466. The molecule has 2 aromatic heterocycles. The van der Waals surface area contributed by atoms with Crippen molar-refractivity contribution in [2.75, 3.05) is 0 Å². The van der Waals surface area contributed by atoms with Crippen LogP contribution in [-0.2, 0) is 19.9 Å². The van der Waals surface area contributed by atoms with Gasteiger partial charge in [-0.15, -0.1) is 0 Å². The minimum Gasteiger partial charge on any atom is -0.507 e. The molecule has 0 saturated carbocycles. The van der Waals surface area contributed by atoms with E-state index in [1.165, 1.54) is 5.56 Å². The third kappa shape index (κ3) is 2.56. The van der Waals surface area contributed by atoms with Crippen molar-refractivity contribution in [2.24, 2.45) is 7.05 Å². The van der Waals surface area contributed by atoms with Crippen molar-refractivity contribution in [3.63, 3.8) is 0 Å². The predicted octanol–water partition coefficient (Wildman–Crippen LogP) is 3.38. The second-order valence-corrected chi connectivity index (χ2v) is 5.96. The standard InChI is InChI=1S/C18H21N3O/c1-11-9-14(10-12(2)17(11)22)6-8-16-20-15-7-5-13(3)19-18(15)21(16)4/h5,7,9-10,22H,6,8H2,1-4H3. The molecule has 114 valence electrons. The second kappa shape index (κ2) is 5.44. The van der Waals surface area contributed by atoms with Crippen molar-refractivity contribution in [2.45, 2.75) is 33.6 Å². The van der Waals surface area contributed by atoms with Gasteiger partial charge in [0, 0.05) is 19.2 Å². The van der Waals surface area contributed by atoms with Crippen LogP contribution in [0.5, 0.6) is 5.75 Å². The molecule has 1 aromatic carbocycles. The summed E-state index contributed by atoms with van der Waals surface area (Å²) in [6.45, 7) is 5.87. The fraction of sp³-hybridized carbons (Fsp3) is 0.333. The van der Waals surface area contributed by atoms with E-state index in [1.54, 1.807) is 0 Å². The number of hydrogen-bond acceptors (Lipinski definition) is 3. The number of benzene rings is 1. The number of fused-ring (bicyclic) bond motifs is 1. The van der Waals surface area contributed by atoms with Crippen LogP contribution >= 0.6 is 0 Å². The van der Waals surface area contributed by atoms with Crippen LogP contribution in [-0.4, -0.2) is 19.6 Å². The molecule has 0 unspecified atom stereocenters. The van der Waals surface area contributed by atoms with Crippen LogP contribution in [0.3, 0.4) is 0 Å². The highest BCUT2D eigenvalue weighted by molar-refractivity contribution is 5.71. The molecule has 2 heterocycles. The Bertz CT molecular complexity index is 826. The number of aromatic hydroxyl groups is 1. The molecule has 0 amide bonds. The van der Waals surface area contributed by atoms with Crippen molar-refractivity contribution in [3.05, 3.63) is 52.5 Å². The van der Waals surface area contributed by atoms with Gasteiger partial charge < -0.3 is 9.67 Å². The summed E-state index contributed by atoms with van der Waals surface area (Å²) in [5, 5.41) is 9.86. The van der Waals surface area contributed by atoms with E-state index in [1.807, 2.05) is 52.1 Å². The van der Waals surface area contributed by atoms with Crippen LogP contribution in [0.25, 0.3) is 11.2 Å². The molecule has 22 heavy (non-hydrogen) atoms. The first kappa shape index (κ1) is 14.6. The molecule has 0 bridgehead atoms. The lowest BCUT2D eigenvalue weighted by Gasteiger charge is -2.08. The van der Waals surface area contributed by atoms with Gasteiger partial charge >= 0.3 is 0 Å². The summed E-state index contributed by atoms with van der Waals surface area (Å²) < 4.78 is 2.07. The molecular weight excluding hydrogens is 274 g/mol. The van der Waals surface area contributed by atoms with Crippen LogP contribution in [0.4, 0.5) is 0 Å². The molecule has 0 aliphatic heterocycles. The summed E-state index contributed by atoms with van der Waals surface area (Å²) in [6, 6.07) is 8.11. The van der Waals surface area contributed by atoms with Gasteiger partial charge in [-0.25, -0.2) is 9.97 Å². The maximum Gasteiger partial charge on any atom is 0.159 e. The molecule has 4 heteroatoms. The summed E-state index contributed by atoms with van der Waals surface area (Å²) >= 11 is 0. The van der Waals surface area contributed by atoms with E-state index in [0.717, 1.165) is 46.7 Å². The van der Waals surface area contributed by atoms with E-state index >= 15 is 0 Å². The molecule has 0 aliphatic carbocycles. The van der Waals surface area contributed by atoms with E-state index in [4.69, 9.17) is 0 Å². The SMILES string of the molecule is Cc1ccc2nc(CCc3cc(C)c(O)c(C)c3)n(C)c2n1. The van der Waals surface area contributed by atoms with E-state index in [9.17, 15) is 5.11 Å². The van der Waals surface area contributed by atoms with Crippen molar-refractivity contribution in [1.29, 1.82) is 0 Å². The fourth-order valence-electron chi connectivity index (χ4n) is 2.88. The molecular formula is C18H21N3O. The Balaban J connectivity index is 1.86. The molecule has 3 aromatic rings. The number of phenols is 1. The monoisotopic (exact) mass is 295 g/mol. The van der Waals surface area contributed by atoms with Gasteiger partial charge in [0.15, 0.2) is 5.65 Å². The van der Waals surface area contributed by atoms with Gasteiger partial charge in [0.1, 0.15) is 17.1 Å². The minimum atomic E-state index is 0.395.